The van der Waals surface area contributed by atoms with Crippen LogP contribution in [0, 0.1) is 6.92 Å². The first-order chi connectivity index (χ1) is 13.5. The van der Waals surface area contributed by atoms with Crippen molar-refractivity contribution in [1.29, 1.82) is 0 Å². The van der Waals surface area contributed by atoms with Gasteiger partial charge in [-0.15, -0.1) is 11.3 Å². The summed E-state index contributed by atoms with van der Waals surface area (Å²) in [6.07, 6.45) is 0. The van der Waals surface area contributed by atoms with E-state index >= 15 is 0 Å². The Labute approximate surface area is 164 Å². The van der Waals surface area contributed by atoms with E-state index in [4.69, 9.17) is 13.9 Å². The van der Waals surface area contributed by atoms with Crippen molar-refractivity contribution >= 4 is 28.3 Å². The van der Waals surface area contributed by atoms with Gasteiger partial charge in [-0.25, -0.2) is 14.6 Å². The molecule has 6 nitrogen and oxygen atoms in total. The van der Waals surface area contributed by atoms with Gasteiger partial charge in [-0.1, -0.05) is 0 Å². The van der Waals surface area contributed by atoms with E-state index in [1.807, 2.05) is 12.3 Å². The minimum Gasteiger partial charge on any atom is -0.497 e. The molecule has 0 spiro atoms. The van der Waals surface area contributed by atoms with Gasteiger partial charge in [0.05, 0.1) is 28.9 Å². The highest BCUT2D eigenvalue weighted by Crippen LogP contribution is 2.26. The number of aryl methyl sites for hydroxylation is 1. The Hall–Kier alpha value is -3.45. The van der Waals surface area contributed by atoms with E-state index in [9.17, 15) is 9.59 Å². The van der Waals surface area contributed by atoms with E-state index in [2.05, 4.69) is 4.98 Å². The molecule has 2 aromatic carbocycles. The highest BCUT2D eigenvalue weighted by atomic mass is 32.1. The molecule has 0 aliphatic carbocycles. The molecule has 0 saturated carbocycles. The summed E-state index contributed by atoms with van der Waals surface area (Å²) in [7, 11) is 1.55. The number of carbonyl (C=O) groups excluding carboxylic acids is 1. The zero-order valence-corrected chi connectivity index (χ0v) is 15.9. The standard InChI is InChI=1S/C21H15NO5S/c1-12-22-18(11-28-12)17-9-14-5-8-16(10-19(14)27-21(17)24)26-20(23)13-3-6-15(25-2)7-4-13/h3-11H,1-2H3. The second-order valence-electron chi connectivity index (χ2n) is 6.02. The summed E-state index contributed by atoms with van der Waals surface area (Å²) in [4.78, 5) is 29.0. The second-order valence-corrected chi connectivity index (χ2v) is 7.08. The summed E-state index contributed by atoms with van der Waals surface area (Å²) < 4.78 is 15.9. The van der Waals surface area contributed by atoms with Crippen molar-refractivity contribution in [1.82, 2.24) is 4.98 Å². The number of nitrogens with zero attached hydrogens (tertiary/aromatic N) is 1. The minimum atomic E-state index is -0.515. The number of hydrogen-bond acceptors (Lipinski definition) is 7. The number of methoxy groups -OCH3 is 1. The SMILES string of the molecule is COc1ccc(C(=O)Oc2ccc3cc(-c4csc(C)n4)c(=O)oc3c2)cc1. The first kappa shape index (κ1) is 17.9. The summed E-state index contributed by atoms with van der Waals surface area (Å²) >= 11 is 1.47. The first-order valence-electron chi connectivity index (χ1n) is 8.40. The van der Waals surface area contributed by atoms with Gasteiger partial charge in [-0.05, 0) is 49.4 Å². The summed E-state index contributed by atoms with van der Waals surface area (Å²) in [6.45, 7) is 1.88. The van der Waals surface area contributed by atoms with E-state index in [1.165, 1.54) is 17.4 Å². The van der Waals surface area contributed by atoms with Crippen molar-refractivity contribution in [2.75, 3.05) is 7.11 Å². The van der Waals surface area contributed by atoms with Crippen LogP contribution >= 0.6 is 11.3 Å². The Balaban J connectivity index is 1.62. The van der Waals surface area contributed by atoms with Gasteiger partial charge in [0, 0.05) is 16.8 Å². The Bertz CT molecular complexity index is 1220. The molecule has 7 heteroatoms. The average Bonchev–Trinajstić information content (AvgIpc) is 3.13. The number of esters is 1. The number of thiazole rings is 1. The van der Waals surface area contributed by atoms with Crippen LogP contribution in [0.2, 0.25) is 0 Å². The third kappa shape index (κ3) is 3.52. The van der Waals surface area contributed by atoms with Crippen LogP contribution in [0.1, 0.15) is 15.4 Å². The van der Waals surface area contributed by atoms with Crippen LogP contribution in [0.5, 0.6) is 11.5 Å². The zero-order chi connectivity index (χ0) is 19.7. The van der Waals surface area contributed by atoms with Crippen molar-refractivity contribution in [3.05, 3.63) is 74.9 Å². The summed E-state index contributed by atoms with van der Waals surface area (Å²) in [5.41, 5.74) is 1.22. The van der Waals surface area contributed by atoms with Crippen LogP contribution in [0.4, 0.5) is 0 Å². The molecule has 0 fully saturated rings. The molecule has 2 heterocycles. The maximum Gasteiger partial charge on any atom is 0.345 e. The van der Waals surface area contributed by atoms with Crippen molar-refractivity contribution in [2.24, 2.45) is 0 Å². The van der Waals surface area contributed by atoms with Crippen LogP contribution in [0.15, 0.2) is 63.1 Å². The summed E-state index contributed by atoms with van der Waals surface area (Å²) in [6, 6.07) is 13.2. The van der Waals surface area contributed by atoms with Crippen LogP contribution in [0.25, 0.3) is 22.2 Å². The smallest absolute Gasteiger partial charge is 0.345 e. The van der Waals surface area contributed by atoms with Gasteiger partial charge in [0.25, 0.3) is 0 Å². The molecule has 0 amide bonds. The monoisotopic (exact) mass is 393 g/mol. The lowest BCUT2D eigenvalue weighted by Gasteiger charge is -2.06. The normalized spacial score (nSPS) is 10.8. The number of benzene rings is 2. The van der Waals surface area contributed by atoms with Gasteiger partial charge in [0.1, 0.15) is 17.1 Å². The van der Waals surface area contributed by atoms with Gasteiger partial charge in [-0.3, -0.25) is 0 Å². The number of carbonyl (C=O) groups is 1. The van der Waals surface area contributed by atoms with Gasteiger partial charge in [-0.2, -0.15) is 0 Å². The van der Waals surface area contributed by atoms with Crippen molar-refractivity contribution < 1.29 is 18.7 Å². The first-order valence-corrected chi connectivity index (χ1v) is 9.28. The number of fused-ring (bicyclic) bond motifs is 1. The van der Waals surface area contributed by atoms with Gasteiger partial charge in [0.2, 0.25) is 0 Å². The largest absolute Gasteiger partial charge is 0.497 e. The lowest BCUT2D eigenvalue weighted by Crippen LogP contribution is -2.08. The van der Waals surface area contributed by atoms with Gasteiger partial charge >= 0.3 is 11.6 Å². The molecule has 0 saturated heterocycles. The molecular formula is C21H15NO5S. The van der Waals surface area contributed by atoms with E-state index < -0.39 is 11.6 Å². The third-order valence-electron chi connectivity index (χ3n) is 4.14. The van der Waals surface area contributed by atoms with Gasteiger partial charge < -0.3 is 13.9 Å². The van der Waals surface area contributed by atoms with Crippen LogP contribution in [-0.4, -0.2) is 18.1 Å². The van der Waals surface area contributed by atoms with E-state index in [0.29, 0.717) is 33.5 Å². The molecule has 4 rings (SSSR count). The number of aromatic nitrogens is 1. The average molecular weight is 393 g/mol. The molecule has 0 N–H and O–H groups in total. The fourth-order valence-electron chi connectivity index (χ4n) is 2.71. The van der Waals surface area contributed by atoms with Crippen LogP contribution in [-0.2, 0) is 0 Å². The third-order valence-corrected chi connectivity index (χ3v) is 4.91. The van der Waals surface area contributed by atoms with Gasteiger partial charge in [0.15, 0.2) is 0 Å². The lowest BCUT2D eigenvalue weighted by atomic mass is 10.1. The number of hydrogen-bond donors (Lipinski definition) is 0. The Kier molecular flexibility index (Phi) is 4.67. The molecular weight excluding hydrogens is 378 g/mol. The predicted octanol–water partition coefficient (Wildman–Crippen LogP) is 4.45. The Morgan fingerprint density at radius 3 is 2.50 bits per heavy atom. The summed E-state index contributed by atoms with van der Waals surface area (Å²) in [5, 5.41) is 3.40. The molecule has 28 heavy (non-hydrogen) atoms. The predicted molar refractivity (Wildman–Crippen MR) is 106 cm³/mol. The fraction of sp³-hybridized carbons (Fsp3) is 0.0952. The quantitative estimate of drug-likeness (QED) is 0.289. The number of ether oxygens (including phenoxy) is 2. The number of rotatable bonds is 4. The van der Waals surface area contributed by atoms with Crippen molar-refractivity contribution in [3.63, 3.8) is 0 Å². The van der Waals surface area contributed by atoms with E-state index in [-0.39, 0.29) is 5.75 Å². The summed E-state index contributed by atoms with van der Waals surface area (Å²) in [5.74, 6) is 0.419. The molecule has 4 aromatic rings. The highest BCUT2D eigenvalue weighted by Gasteiger charge is 2.13. The fourth-order valence-corrected chi connectivity index (χ4v) is 3.33. The zero-order valence-electron chi connectivity index (χ0n) is 15.1. The topological polar surface area (TPSA) is 78.6 Å². The van der Waals surface area contributed by atoms with E-state index in [0.717, 1.165) is 5.01 Å². The van der Waals surface area contributed by atoms with Crippen LogP contribution < -0.4 is 15.1 Å². The molecule has 140 valence electrons. The van der Waals surface area contributed by atoms with E-state index in [1.54, 1.807) is 49.6 Å². The van der Waals surface area contributed by atoms with Crippen molar-refractivity contribution in [3.8, 4) is 22.8 Å². The highest BCUT2D eigenvalue weighted by molar-refractivity contribution is 7.09. The van der Waals surface area contributed by atoms with Crippen LogP contribution in [0.3, 0.4) is 0 Å². The Morgan fingerprint density at radius 1 is 1.07 bits per heavy atom. The maximum absolute atomic E-state index is 12.3. The molecule has 0 radical (unpaired) electrons. The molecule has 0 unspecified atom stereocenters. The minimum absolute atomic E-state index is 0.286. The Morgan fingerprint density at radius 2 is 1.82 bits per heavy atom. The van der Waals surface area contributed by atoms with Crippen molar-refractivity contribution in [2.45, 2.75) is 6.92 Å². The molecule has 0 aliphatic rings. The maximum atomic E-state index is 12.3. The molecule has 2 aromatic heterocycles. The molecule has 0 atom stereocenters. The molecule has 0 bridgehead atoms. The molecule has 0 aliphatic heterocycles. The second kappa shape index (κ2) is 7.28. The lowest BCUT2D eigenvalue weighted by molar-refractivity contribution is 0.0735.